The van der Waals surface area contributed by atoms with Crippen molar-refractivity contribution in [3.05, 3.63) is 76.3 Å². The van der Waals surface area contributed by atoms with Crippen LogP contribution in [0, 0.1) is 17.5 Å². The second kappa shape index (κ2) is 8.62. The van der Waals surface area contributed by atoms with E-state index in [1.54, 1.807) is 23.1 Å². The van der Waals surface area contributed by atoms with Crippen molar-refractivity contribution in [3.8, 4) is 11.3 Å². The first kappa shape index (κ1) is 22.2. The molecule has 1 aromatic heterocycles. The van der Waals surface area contributed by atoms with E-state index in [4.69, 9.17) is 0 Å². The Labute approximate surface area is 194 Å². The van der Waals surface area contributed by atoms with Crippen LogP contribution >= 0.6 is 0 Å². The zero-order chi connectivity index (χ0) is 23.9. The van der Waals surface area contributed by atoms with Gasteiger partial charge in [-0.25, -0.2) is 18.3 Å². The highest BCUT2D eigenvalue weighted by Gasteiger charge is 2.45. The van der Waals surface area contributed by atoms with Crippen molar-refractivity contribution in [1.82, 2.24) is 10.2 Å². The van der Waals surface area contributed by atoms with Crippen molar-refractivity contribution in [1.29, 1.82) is 0 Å². The monoisotopic (exact) mass is 468 g/mol. The molecule has 0 bridgehead atoms. The number of H-pyrrole nitrogens is 1. The van der Waals surface area contributed by atoms with Gasteiger partial charge >= 0.3 is 0 Å². The predicted octanol–water partition coefficient (Wildman–Crippen LogP) is 4.41. The van der Waals surface area contributed by atoms with Gasteiger partial charge in [-0.15, -0.1) is 0 Å². The lowest BCUT2D eigenvalue weighted by Gasteiger charge is -2.51. The van der Waals surface area contributed by atoms with Crippen LogP contribution in [0.4, 0.5) is 24.5 Å². The van der Waals surface area contributed by atoms with Gasteiger partial charge in [-0.1, -0.05) is 0 Å². The van der Waals surface area contributed by atoms with Crippen molar-refractivity contribution in [2.75, 3.05) is 22.9 Å². The fourth-order valence-electron chi connectivity index (χ4n) is 5.14. The van der Waals surface area contributed by atoms with E-state index >= 15 is 0 Å². The number of amides is 1. The molecule has 176 valence electrons. The highest BCUT2D eigenvalue weighted by Crippen LogP contribution is 2.41. The summed E-state index contributed by atoms with van der Waals surface area (Å²) in [5.74, 6) is -2.40. The minimum atomic E-state index is -0.986. The minimum Gasteiger partial charge on any atom is -0.367 e. The summed E-state index contributed by atoms with van der Waals surface area (Å²) in [5.41, 5.74) is 1.15. The van der Waals surface area contributed by atoms with Crippen LogP contribution in [-0.4, -0.2) is 34.7 Å². The second-order valence-electron chi connectivity index (χ2n) is 8.87. The minimum absolute atomic E-state index is 0.105. The van der Waals surface area contributed by atoms with Crippen molar-refractivity contribution in [2.45, 2.75) is 37.6 Å². The number of carbonyl (C=O) groups is 1. The number of hydrogen-bond donors (Lipinski definition) is 1. The molecule has 0 radical (unpaired) electrons. The lowest BCUT2D eigenvalue weighted by atomic mass is 9.77. The van der Waals surface area contributed by atoms with Crippen molar-refractivity contribution < 1.29 is 18.0 Å². The molecule has 2 aromatic carbocycles. The van der Waals surface area contributed by atoms with Gasteiger partial charge < -0.3 is 9.80 Å². The molecule has 0 aliphatic carbocycles. The molecule has 1 amide bonds. The van der Waals surface area contributed by atoms with Gasteiger partial charge in [0.05, 0.1) is 11.2 Å². The van der Waals surface area contributed by atoms with Crippen LogP contribution in [0.5, 0.6) is 0 Å². The predicted molar refractivity (Wildman–Crippen MR) is 122 cm³/mol. The first-order valence-corrected chi connectivity index (χ1v) is 11.3. The maximum atomic E-state index is 14.0. The van der Waals surface area contributed by atoms with Crippen molar-refractivity contribution in [3.63, 3.8) is 0 Å². The molecule has 5 rings (SSSR count). The lowest BCUT2D eigenvalue weighted by Crippen LogP contribution is -2.60. The van der Waals surface area contributed by atoms with E-state index in [0.29, 0.717) is 55.0 Å². The number of nitrogens with one attached hydrogen (secondary N) is 1. The summed E-state index contributed by atoms with van der Waals surface area (Å²) in [6, 6.07) is 11.1. The molecule has 2 saturated heterocycles. The molecule has 0 unspecified atom stereocenters. The second-order valence-corrected chi connectivity index (χ2v) is 8.87. The summed E-state index contributed by atoms with van der Waals surface area (Å²) >= 11 is 0. The van der Waals surface area contributed by atoms with Gasteiger partial charge in [0.25, 0.3) is 5.56 Å². The van der Waals surface area contributed by atoms with Crippen molar-refractivity contribution >= 4 is 17.3 Å². The van der Waals surface area contributed by atoms with Crippen LogP contribution in [0.2, 0.25) is 0 Å². The van der Waals surface area contributed by atoms with E-state index in [0.717, 1.165) is 25.0 Å². The third kappa shape index (κ3) is 3.95. The lowest BCUT2D eigenvalue weighted by molar-refractivity contribution is -0.121. The molecular weight excluding hydrogens is 445 g/mol. The Balaban J connectivity index is 1.41. The van der Waals surface area contributed by atoms with Crippen LogP contribution in [-0.2, 0) is 4.79 Å². The number of carbonyl (C=O) groups excluding carboxylic acids is 1. The molecule has 0 saturated carbocycles. The van der Waals surface area contributed by atoms with Gasteiger partial charge in [0.1, 0.15) is 11.5 Å². The third-order valence-electron chi connectivity index (χ3n) is 6.88. The standard InChI is InChI=1S/C25H23F3N4O2/c26-17-5-3-16(4-6-17)21-15-22(24(34)30-29-21)31-12-10-25(11-13-31)9-1-2-23(33)32(25)18-7-8-19(27)20(28)14-18/h3-8,14-15H,1-2,9-13H2,(H,30,34). The molecule has 2 aliphatic rings. The number of piperidine rings is 2. The topological polar surface area (TPSA) is 69.3 Å². The Hall–Kier alpha value is -3.62. The number of benzene rings is 2. The SMILES string of the molecule is O=C1CCCC2(CCN(c3cc(-c4ccc(F)cc4)n[nH]c3=O)CC2)N1c1ccc(F)c(F)c1. The molecule has 3 aromatic rings. The highest BCUT2D eigenvalue weighted by atomic mass is 19.2. The van der Waals surface area contributed by atoms with E-state index in [1.807, 2.05) is 4.90 Å². The average Bonchev–Trinajstić information content (AvgIpc) is 2.83. The number of anilines is 2. The molecule has 1 spiro atoms. The van der Waals surface area contributed by atoms with Gasteiger partial charge in [-0.2, -0.15) is 5.10 Å². The Morgan fingerprint density at radius 2 is 1.62 bits per heavy atom. The third-order valence-corrected chi connectivity index (χ3v) is 6.88. The Bertz CT molecular complexity index is 1280. The van der Waals surface area contributed by atoms with E-state index in [9.17, 15) is 22.8 Å². The first-order valence-electron chi connectivity index (χ1n) is 11.3. The summed E-state index contributed by atoms with van der Waals surface area (Å²) in [4.78, 5) is 29.1. The Morgan fingerprint density at radius 1 is 0.882 bits per heavy atom. The molecule has 3 heterocycles. The van der Waals surface area contributed by atoms with Gasteiger partial charge in [0.2, 0.25) is 5.91 Å². The molecule has 9 heteroatoms. The van der Waals surface area contributed by atoms with Crippen LogP contribution in [0.3, 0.4) is 0 Å². The summed E-state index contributed by atoms with van der Waals surface area (Å²) in [6.45, 7) is 1.01. The zero-order valence-corrected chi connectivity index (χ0v) is 18.4. The molecular formula is C25H23F3N4O2. The van der Waals surface area contributed by atoms with Crippen LogP contribution < -0.4 is 15.4 Å². The van der Waals surface area contributed by atoms with E-state index in [1.165, 1.54) is 18.2 Å². The van der Waals surface area contributed by atoms with Gasteiger partial charge in [-0.05, 0) is 68.1 Å². The molecule has 2 fully saturated rings. The van der Waals surface area contributed by atoms with Crippen LogP contribution in [0.15, 0.2) is 53.3 Å². The van der Waals surface area contributed by atoms with E-state index < -0.39 is 17.2 Å². The maximum absolute atomic E-state index is 14.0. The zero-order valence-electron chi connectivity index (χ0n) is 18.4. The largest absolute Gasteiger partial charge is 0.367 e. The van der Waals surface area contributed by atoms with Gasteiger partial charge in [0.15, 0.2) is 11.6 Å². The summed E-state index contributed by atoms with van der Waals surface area (Å²) in [6.07, 6.45) is 2.98. The van der Waals surface area contributed by atoms with Crippen LogP contribution in [0.1, 0.15) is 32.1 Å². The molecule has 2 aliphatic heterocycles. The molecule has 0 atom stereocenters. The smallest absolute Gasteiger partial charge is 0.287 e. The average molecular weight is 468 g/mol. The fourth-order valence-corrected chi connectivity index (χ4v) is 5.14. The maximum Gasteiger partial charge on any atom is 0.287 e. The summed E-state index contributed by atoms with van der Waals surface area (Å²) in [7, 11) is 0. The summed E-state index contributed by atoms with van der Waals surface area (Å²) in [5, 5.41) is 6.61. The molecule has 34 heavy (non-hydrogen) atoms. The number of halogens is 3. The number of aromatic nitrogens is 2. The Kier molecular flexibility index (Phi) is 5.63. The van der Waals surface area contributed by atoms with Gasteiger partial charge in [0, 0.05) is 36.8 Å². The summed E-state index contributed by atoms with van der Waals surface area (Å²) < 4.78 is 40.7. The Morgan fingerprint density at radius 3 is 2.32 bits per heavy atom. The number of hydrogen-bond acceptors (Lipinski definition) is 4. The molecule has 1 N–H and O–H groups in total. The molecule has 6 nitrogen and oxygen atoms in total. The quantitative estimate of drug-likeness (QED) is 0.618. The number of aromatic amines is 1. The van der Waals surface area contributed by atoms with Crippen molar-refractivity contribution in [2.24, 2.45) is 0 Å². The van der Waals surface area contributed by atoms with Crippen LogP contribution in [0.25, 0.3) is 11.3 Å². The van der Waals surface area contributed by atoms with E-state index in [2.05, 4.69) is 10.2 Å². The first-order chi connectivity index (χ1) is 16.4. The highest BCUT2D eigenvalue weighted by molar-refractivity contribution is 5.95. The fraction of sp³-hybridized carbons (Fsp3) is 0.320. The van der Waals surface area contributed by atoms with Gasteiger partial charge in [-0.3, -0.25) is 9.59 Å². The number of nitrogens with zero attached hydrogens (tertiary/aromatic N) is 3. The number of rotatable bonds is 3. The van der Waals surface area contributed by atoms with E-state index in [-0.39, 0.29) is 17.3 Å². The normalized spacial score (nSPS) is 17.9.